The highest BCUT2D eigenvalue weighted by Crippen LogP contribution is 2.18. The Hall–Kier alpha value is -3.28. The number of hydrogen-bond donors (Lipinski definition) is 0. The number of aromatic nitrogens is 2. The highest BCUT2D eigenvalue weighted by Gasteiger charge is 2.26. The minimum Gasteiger partial charge on any atom is -0.335 e. The van der Waals surface area contributed by atoms with Gasteiger partial charge in [-0.3, -0.25) is 9.59 Å². The van der Waals surface area contributed by atoms with Crippen molar-refractivity contribution in [2.24, 2.45) is 0 Å². The van der Waals surface area contributed by atoms with Crippen LogP contribution < -0.4 is 0 Å². The molecule has 1 saturated heterocycles. The predicted molar refractivity (Wildman–Crippen MR) is 117 cm³/mol. The zero-order valence-electron chi connectivity index (χ0n) is 17.9. The SMILES string of the molecule is Cc1ccc(C(=O)N2CCN(C(=O)c3ccc4nc(C)c(C)nc4c3)CC2)cc1C. The van der Waals surface area contributed by atoms with Crippen LogP contribution in [0.4, 0.5) is 0 Å². The number of piperazine rings is 1. The average Bonchev–Trinajstić information content (AvgIpc) is 2.75. The van der Waals surface area contributed by atoms with E-state index in [-0.39, 0.29) is 11.8 Å². The molecule has 1 aliphatic rings. The highest BCUT2D eigenvalue weighted by atomic mass is 16.2. The number of hydrogen-bond acceptors (Lipinski definition) is 4. The maximum atomic E-state index is 13.0. The van der Waals surface area contributed by atoms with Crippen molar-refractivity contribution in [1.29, 1.82) is 0 Å². The van der Waals surface area contributed by atoms with Crippen LogP contribution in [0.2, 0.25) is 0 Å². The molecule has 1 aromatic heterocycles. The molecule has 0 bridgehead atoms. The van der Waals surface area contributed by atoms with E-state index in [2.05, 4.69) is 9.97 Å². The van der Waals surface area contributed by atoms with E-state index >= 15 is 0 Å². The summed E-state index contributed by atoms with van der Waals surface area (Å²) < 4.78 is 0. The van der Waals surface area contributed by atoms with Gasteiger partial charge in [0.1, 0.15) is 0 Å². The topological polar surface area (TPSA) is 66.4 Å². The van der Waals surface area contributed by atoms with Gasteiger partial charge in [-0.25, -0.2) is 9.97 Å². The second kappa shape index (κ2) is 7.86. The van der Waals surface area contributed by atoms with Crippen molar-refractivity contribution < 1.29 is 9.59 Å². The molecule has 0 aliphatic carbocycles. The van der Waals surface area contributed by atoms with Gasteiger partial charge >= 0.3 is 0 Å². The Labute approximate surface area is 176 Å². The molecule has 0 atom stereocenters. The number of fused-ring (bicyclic) bond motifs is 1. The molecule has 0 N–H and O–H groups in total. The molecule has 0 unspecified atom stereocenters. The molecule has 6 nitrogen and oxygen atoms in total. The quantitative estimate of drug-likeness (QED) is 0.658. The Balaban J connectivity index is 1.45. The molecule has 2 aromatic carbocycles. The monoisotopic (exact) mass is 402 g/mol. The number of amides is 2. The summed E-state index contributed by atoms with van der Waals surface area (Å²) >= 11 is 0. The summed E-state index contributed by atoms with van der Waals surface area (Å²) in [6.07, 6.45) is 0. The van der Waals surface area contributed by atoms with Crippen LogP contribution in [0, 0.1) is 27.7 Å². The molecule has 3 aromatic rings. The average molecular weight is 402 g/mol. The molecule has 30 heavy (non-hydrogen) atoms. The predicted octanol–water partition coefficient (Wildman–Crippen LogP) is 3.46. The van der Waals surface area contributed by atoms with Crippen molar-refractivity contribution >= 4 is 22.8 Å². The summed E-state index contributed by atoms with van der Waals surface area (Å²) in [6.45, 7) is 10.0. The van der Waals surface area contributed by atoms with Crippen LogP contribution in [0.25, 0.3) is 11.0 Å². The fourth-order valence-corrected chi connectivity index (χ4v) is 3.72. The Kier molecular flexibility index (Phi) is 5.24. The third-order valence-electron chi connectivity index (χ3n) is 5.93. The second-order valence-electron chi connectivity index (χ2n) is 7.98. The lowest BCUT2D eigenvalue weighted by Crippen LogP contribution is -2.50. The number of carbonyl (C=O) groups excluding carboxylic acids is 2. The smallest absolute Gasteiger partial charge is 0.254 e. The van der Waals surface area contributed by atoms with E-state index in [1.165, 1.54) is 5.56 Å². The van der Waals surface area contributed by atoms with Crippen molar-refractivity contribution in [3.05, 3.63) is 70.0 Å². The van der Waals surface area contributed by atoms with Gasteiger partial charge in [-0.05, 0) is 69.2 Å². The van der Waals surface area contributed by atoms with E-state index in [0.29, 0.717) is 37.3 Å². The number of aryl methyl sites for hydroxylation is 4. The van der Waals surface area contributed by atoms with Gasteiger partial charge < -0.3 is 9.80 Å². The lowest BCUT2D eigenvalue weighted by Gasteiger charge is -2.35. The molecule has 2 heterocycles. The van der Waals surface area contributed by atoms with Crippen molar-refractivity contribution in [3.63, 3.8) is 0 Å². The van der Waals surface area contributed by atoms with Crippen molar-refractivity contribution in [2.75, 3.05) is 26.2 Å². The fraction of sp³-hybridized carbons (Fsp3) is 0.333. The fourth-order valence-electron chi connectivity index (χ4n) is 3.72. The van der Waals surface area contributed by atoms with Crippen LogP contribution in [0.3, 0.4) is 0 Å². The van der Waals surface area contributed by atoms with E-state index in [4.69, 9.17) is 0 Å². The summed E-state index contributed by atoms with van der Waals surface area (Å²) in [4.78, 5) is 38.5. The standard InChI is InChI=1S/C24H26N4O2/c1-15-5-6-19(13-16(15)2)23(29)27-9-11-28(12-10-27)24(30)20-7-8-21-22(14-20)26-18(4)17(3)25-21/h5-8,13-14H,9-12H2,1-4H3. The summed E-state index contributed by atoms with van der Waals surface area (Å²) in [7, 11) is 0. The summed E-state index contributed by atoms with van der Waals surface area (Å²) in [5.41, 5.74) is 6.88. The Morgan fingerprint density at radius 1 is 0.667 bits per heavy atom. The molecule has 4 rings (SSSR count). The van der Waals surface area contributed by atoms with Crippen LogP contribution in [0.5, 0.6) is 0 Å². The Morgan fingerprint density at radius 2 is 1.17 bits per heavy atom. The molecule has 1 aliphatic heterocycles. The van der Waals surface area contributed by atoms with Gasteiger partial charge in [0.15, 0.2) is 0 Å². The van der Waals surface area contributed by atoms with Crippen LogP contribution in [0.1, 0.15) is 43.2 Å². The maximum Gasteiger partial charge on any atom is 0.254 e. The van der Waals surface area contributed by atoms with Crippen LogP contribution >= 0.6 is 0 Å². The molecule has 0 radical (unpaired) electrons. The zero-order valence-corrected chi connectivity index (χ0v) is 17.9. The van der Waals surface area contributed by atoms with Gasteiger partial charge in [-0.15, -0.1) is 0 Å². The molecular weight excluding hydrogens is 376 g/mol. The Bertz CT molecular complexity index is 1150. The molecule has 0 saturated carbocycles. The maximum absolute atomic E-state index is 13.0. The van der Waals surface area contributed by atoms with Gasteiger partial charge in [0, 0.05) is 37.3 Å². The number of nitrogens with zero attached hydrogens (tertiary/aromatic N) is 4. The van der Waals surface area contributed by atoms with Gasteiger partial charge in [0.05, 0.1) is 22.4 Å². The van der Waals surface area contributed by atoms with Gasteiger partial charge in [-0.1, -0.05) is 6.07 Å². The Morgan fingerprint density at radius 3 is 1.73 bits per heavy atom. The molecule has 154 valence electrons. The zero-order chi connectivity index (χ0) is 21.4. The molecule has 1 fully saturated rings. The second-order valence-corrected chi connectivity index (χ2v) is 7.98. The molecule has 6 heteroatoms. The van der Waals surface area contributed by atoms with Crippen LogP contribution in [-0.4, -0.2) is 57.8 Å². The summed E-state index contributed by atoms with van der Waals surface area (Å²) in [5, 5.41) is 0. The lowest BCUT2D eigenvalue weighted by molar-refractivity contribution is 0.0535. The first-order chi connectivity index (χ1) is 14.3. The summed E-state index contributed by atoms with van der Waals surface area (Å²) in [5.74, 6) is -0.00719. The van der Waals surface area contributed by atoms with Crippen LogP contribution in [-0.2, 0) is 0 Å². The van der Waals surface area contributed by atoms with Crippen molar-refractivity contribution in [2.45, 2.75) is 27.7 Å². The van der Waals surface area contributed by atoms with E-state index < -0.39 is 0 Å². The van der Waals surface area contributed by atoms with Crippen molar-refractivity contribution in [1.82, 2.24) is 19.8 Å². The number of benzene rings is 2. The number of rotatable bonds is 2. The minimum atomic E-state index is -0.0322. The molecular formula is C24H26N4O2. The first kappa shape index (κ1) is 20.0. The van der Waals surface area contributed by atoms with Crippen molar-refractivity contribution in [3.8, 4) is 0 Å². The third kappa shape index (κ3) is 3.77. The molecule has 2 amide bonds. The van der Waals surface area contributed by atoms with Gasteiger partial charge in [0.2, 0.25) is 0 Å². The van der Waals surface area contributed by atoms with Crippen LogP contribution in [0.15, 0.2) is 36.4 Å². The first-order valence-electron chi connectivity index (χ1n) is 10.2. The number of carbonyl (C=O) groups is 2. The molecule has 0 spiro atoms. The van der Waals surface area contributed by atoms with E-state index in [1.54, 1.807) is 11.0 Å². The van der Waals surface area contributed by atoms with E-state index in [9.17, 15) is 9.59 Å². The highest BCUT2D eigenvalue weighted by molar-refractivity contribution is 5.98. The normalized spacial score (nSPS) is 14.3. The lowest BCUT2D eigenvalue weighted by atomic mass is 10.1. The minimum absolute atomic E-state index is 0.0250. The largest absolute Gasteiger partial charge is 0.335 e. The third-order valence-corrected chi connectivity index (χ3v) is 5.93. The van der Waals surface area contributed by atoms with Gasteiger partial charge in [0.25, 0.3) is 11.8 Å². The summed E-state index contributed by atoms with van der Waals surface area (Å²) in [6, 6.07) is 11.3. The van der Waals surface area contributed by atoms with E-state index in [0.717, 1.165) is 28.0 Å². The van der Waals surface area contributed by atoms with Gasteiger partial charge in [-0.2, -0.15) is 0 Å². The van der Waals surface area contributed by atoms with E-state index in [1.807, 2.05) is 62.9 Å². The first-order valence-corrected chi connectivity index (χ1v) is 10.2.